The van der Waals surface area contributed by atoms with Gasteiger partial charge >= 0.3 is 0 Å². The molecular formula is C16H24N2O3S. The van der Waals surface area contributed by atoms with Gasteiger partial charge in [0.1, 0.15) is 0 Å². The molecule has 6 heteroatoms. The third-order valence-corrected chi connectivity index (χ3v) is 5.48. The second kappa shape index (κ2) is 5.91. The van der Waals surface area contributed by atoms with Gasteiger partial charge in [-0.15, -0.1) is 0 Å². The molecule has 0 unspecified atom stereocenters. The number of sulfonamides is 1. The van der Waals surface area contributed by atoms with E-state index in [1.54, 1.807) is 18.2 Å². The van der Waals surface area contributed by atoms with Gasteiger partial charge in [-0.1, -0.05) is 13.8 Å². The van der Waals surface area contributed by atoms with Gasteiger partial charge in [-0.05, 0) is 49.9 Å². The Morgan fingerprint density at radius 3 is 2.50 bits per heavy atom. The number of nitrogens with one attached hydrogen (secondary N) is 1. The molecule has 1 aliphatic rings. The number of amides is 1. The highest BCUT2D eigenvalue weighted by Crippen LogP contribution is 2.34. The molecule has 0 aliphatic carbocycles. The van der Waals surface area contributed by atoms with Crippen LogP contribution in [0.3, 0.4) is 0 Å². The molecule has 22 heavy (non-hydrogen) atoms. The Morgan fingerprint density at radius 1 is 1.32 bits per heavy atom. The summed E-state index contributed by atoms with van der Waals surface area (Å²) >= 11 is 0. The highest BCUT2D eigenvalue weighted by atomic mass is 32.2. The van der Waals surface area contributed by atoms with Crippen molar-refractivity contribution in [3.63, 3.8) is 0 Å². The molecule has 1 amide bonds. The van der Waals surface area contributed by atoms with Crippen LogP contribution in [0.1, 0.15) is 43.6 Å². The molecule has 2 rings (SSSR count). The smallest absolute Gasteiger partial charge is 0.251 e. The van der Waals surface area contributed by atoms with Crippen molar-refractivity contribution in [1.29, 1.82) is 0 Å². The third-order valence-electron chi connectivity index (χ3n) is 4.21. The van der Waals surface area contributed by atoms with Gasteiger partial charge in [0.05, 0.1) is 11.9 Å². The molecule has 1 N–H and O–H groups in total. The van der Waals surface area contributed by atoms with E-state index in [1.165, 1.54) is 10.6 Å². The normalized spacial score (nSPS) is 19.2. The number of fused-ring (bicyclic) bond motifs is 1. The summed E-state index contributed by atoms with van der Waals surface area (Å²) < 4.78 is 25.2. The lowest BCUT2D eigenvalue weighted by Gasteiger charge is -2.22. The van der Waals surface area contributed by atoms with Crippen LogP contribution in [0.4, 0.5) is 5.69 Å². The van der Waals surface area contributed by atoms with Gasteiger partial charge in [0.2, 0.25) is 10.0 Å². The van der Waals surface area contributed by atoms with Gasteiger partial charge in [-0.25, -0.2) is 8.42 Å². The van der Waals surface area contributed by atoms with Gasteiger partial charge in [0.15, 0.2) is 0 Å². The lowest BCUT2D eigenvalue weighted by molar-refractivity contribution is 0.0930. The standard InChI is InChI=1S/C16H24N2O3S/c1-10(2)12(4)17-16(19)13-6-7-15-14(9-13)8-11(3)18(15)22(5,20)21/h6-7,9-12H,8H2,1-5H3,(H,17,19)/t11-,12-/m1/s1. The lowest BCUT2D eigenvalue weighted by atomic mass is 10.0. The number of rotatable bonds is 4. The molecule has 0 spiro atoms. The Balaban J connectivity index is 2.28. The minimum absolute atomic E-state index is 0.0900. The van der Waals surface area contributed by atoms with Crippen LogP contribution >= 0.6 is 0 Å². The van der Waals surface area contributed by atoms with E-state index < -0.39 is 10.0 Å². The number of benzene rings is 1. The predicted octanol–water partition coefficient (Wildman–Crippen LogP) is 2.17. The molecule has 0 saturated carbocycles. The van der Waals surface area contributed by atoms with Crippen molar-refractivity contribution in [3.8, 4) is 0 Å². The van der Waals surface area contributed by atoms with E-state index >= 15 is 0 Å². The highest BCUT2D eigenvalue weighted by Gasteiger charge is 2.32. The van der Waals surface area contributed by atoms with Crippen LogP contribution in [-0.4, -0.2) is 32.7 Å². The van der Waals surface area contributed by atoms with Gasteiger partial charge < -0.3 is 5.32 Å². The highest BCUT2D eigenvalue weighted by molar-refractivity contribution is 7.92. The molecule has 122 valence electrons. The number of carbonyl (C=O) groups is 1. The van der Waals surface area contributed by atoms with Crippen molar-refractivity contribution >= 4 is 21.6 Å². The first-order valence-electron chi connectivity index (χ1n) is 7.54. The second-order valence-corrected chi connectivity index (χ2v) is 8.32. The molecule has 0 aromatic heterocycles. The SMILES string of the molecule is CC(C)[C@@H](C)NC(=O)c1ccc2c(c1)C[C@@H](C)N2S(C)(=O)=O. The molecule has 0 saturated heterocycles. The lowest BCUT2D eigenvalue weighted by Crippen LogP contribution is -2.36. The Morgan fingerprint density at radius 2 is 1.95 bits per heavy atom. The maximum atomic E-state index is 12.3. The molecule has 1 heterocycles. The summed E-state index contributed by atoms with van der Waals surface area (Å²) in [7, 11) is -3.30. The van der Waals surface area contributed by atoms with E-state index in [9.17, 15) is 13.2 Å². The molecule has 2 atom stereocenters. The molecule has 5 nitrogen and oxygen atoms in total. The fraction of sp³-hybridized carbons (Fsp3) is 0.562. The van der Waals surface area contributed by atoms with Gasteiger partial charge in [-0.2, -0.15) is 0 Å². The number of hydrogen-bond acceptors (Lipinski definition) is 3. The van der Waals surface area contributed by atoms with E-state index in [0.717, 1.165) is 5.56 Å². The third kappa shape index (κ3) is 3.27. The van der Waals surface area contributed by atoms with Crippen molar-refractivity contribution in [2.45, 2.75) is 46.2 Å². The van der Waals surface area contributed by atoms with Gasteiger partial charge in [0.25, 0.3) is 5.91 Å². The molecule has 1 aromatic carbocycles. The summed E-state index contributed by atoms with van der Waals surface area (Å²) in [4.78, 5) is 12.3. The van der Waals surface area contributed by atoms with Crippen LogP contribution in [0.25, 0.3) is 0 Å². The molecule has 1 aromatic rings. The summed E-state index contributed by atoms with van der Waals surface area (Å²) in [5.74, 6) is 0.244. The van der Waals surface area contributed by atoms with Crippen molar-refractivity contribution in [2.75, 3.05) is 10.6 Å². The van der Waals surface area contributed by atoms with Crippen molar-refractivity contribution < 1.29 is 13.2 Å². The zero-order valence-corrected chi connectivity index (χ0v) is 14.6. The maximum Gasteiger partial charge on any atom is 0.251 e. The predicted molar refractivity (Wildman–Crippen MR) is 88.7 cm³/mol. The van der Waals surface area contributed by atoms with Crippen LogP contribution in [0.5, 0.6) is 0 Å². The monoisotopic (exact) mass is 324 g/mol. The molecule has 0 radical (unpaired) electrons. The average Bonchev–Trinajstić information content (AvgIpc) is 2.72. The summed E-state index contributed by atoms with van der Waals surface area (Å²) in [6.45, 7) is 7.96. The first-order valence-corrected chi connectivity index (χ1v) is 9.39. The first kappa shape index (κ1) is 16.8. The topological polar surface area (TPSA) is 66.5 Å². The van der Waals surface area contributed by atoms with E-state index in [4.69, 9.17) is 0 Å². The fourth-order valence-electron chi connectivity index (χ4n) is 2.71. The van der Waals surface area contributed by atoms with Crippen molar-refractivity contribution in [1.82, 2.24) is 5.32 Å². The van der Waals surface area contributed by atoms with Crippen molar-refractivity contribution in [3.05, 3.63) is 29.3 Å². The quantitative estimate of drug-likeness (QED) is 0.923. The minimum Gasteiger partial charge on any atom is -0.349 e. The Bertz CT molecular complexity index is 683. The van der Waals surface area contributed by atoms with E-state index in [-0.39, 0.29) is 18.0 Å². The summed E-state index contributed by atoms with van der Waals surface area (Å²) in [5, 5.41) is 2.97. The van der Waals surface area contributed by atoms with Gasteiger partial charge in [-0.3, -0.25) is 9.10 Å². The Hall–Kier alpha value is -1.56. The summed E-state index contributed by atoms with van der Waals surface area (Å²) in [6, 6.07) is 5.20. The number of hydrogen-bond donors (Lipinski definition) is 1. The summed E-state index contributed by atoms with van der Waals surface area (Å²) in [6.07, 6.45) is 1.84. The minimum atomic E-state index is -3.30. The van der Waals surface area contributed by atoms with Crippen LogP contribution in [0.2, 0.25) is 0 Å². The van der Waals surface area contributed by atoms with E-state index in [2.05, 4.69) is 19.2 Å². The average molecular weight is 324 g/mol. The summed E-state index contributed by atoms with van der Waals surface area (Å²) in [5.41, 5.74) is 2.17. The Labute approximate surface area is 132 Å². The van der Waals surface area contributed by atoms with E-state index in [1.807, 2.05) is 13.8 Å². The van der Waals surface area contributed by atoms with E-state index in [0.29, 0.717) is 23.6 Å². The number of anilines is 1. The van der Waals surface area contributed by atoms with Crippen molar-refractivity contribution in [2.24, 2.45) is 5.92 Å². The zero-order valence-electron chi connectivity index (χ0n) is 13.8. The largest absolute Gasteiger partial charge is 0.349 e. The number of carbonyl (C=O) groups excluding carboxylic acids is 1. The number of nitrogens with zero attached hydrogens (tertiary/aromatic N) is 1. The fourth-order valence-corrected chi connectivity index (χ4v) is 3.97. The van der Waals surface area contributed by atoms with Crippen LogP contribution in [0, 0.1) is 5.92 Å². The van der Waals surface area contributed by atoms with Crippen LogP contribution in [-0.2, 0) is 16.4 Å². The molecule has 0 fully saturated rings. The Kier molecular flexibility index (Phi) is 4.52. The first-order chi connectivity index (χ1) is 10.1. The zero-order chi connectivity index (χ0) is 16.7. The molecule has 0 bridgehead atoms. The second-order valence-electron chi connectivity index (χ2n) is 6.46. The molecular weight excluding hydrogens is 300 g/mol. The van der Waals surface area contributed by atoms with Gasteiger partial charge in [0, 0.05) is 17.6 Å². The molecule has 1 aliphatic heterocycles. The van der Waals surface area contributed by atoms with Crippen LogP contribution in [0.15, 0.2) is 18.2 Å². The van der Waals surface area contributed by atoms with Crippen LogP contribution < -0.4 is 9.62 Å². The maximum absolute atomic E-state index is 12.3.